The molecule has 0 aliphatic carbocycles. The molecule has 0 aliphatic rings. The van der Waals surface area contributed by atoms with Gasteiger partial charge in [-0.1, -0.05) is 53.7 Å². The normalized spacial score (nSPS) is 10.8. The fraction of sp³-hybridized carbons (Fsp3) is 0.0667. The van der Waals surface area contributed by atoms with Gasteiger partial charge in [0.15, 0.2) is 5.82 Å². The first-order valence-electron chi connectivity index (χ1n) is 6.48. The van der Waals surface area contributed by atoms with Crippen LogP contribution in [0, 0.1) is 5.82 Å². The third-order valence-electron chi connectivity index (χ3n) is 3.06. The van der Waals surface area contributed by atoms with Crippen LogP contribution in [-0.2, 0) is 5.75 Å². The molecule has 1 heterocycles. The van der Waals surface area contributed by atoms with E-state index in [0.29, 0.717) is 27.3 Å². The SMILES string of the molecule is Nn1c(SCc2ccccc2F)nnc1-c1cccc(Cl)c1. The van der Waals surface area contributed by atoms with Gasteiger partial charge in [0, 0.05) is 16.3 Å². The zero-order chi connectivity index (χ0) is 15.5. The monoisotopic (exact) mass is 334 g/mol. The molecule has 0 atom stereocenters. The summed E-state index contributed by atoms with van der Waals surface area (Å²) in [4.78, 5) is 0. The fourth-order valence-corrected chi connectivity index (χ4v) is 2.99. The van der Waals surface area contributed by atoms with Crippen LogP contribution in [-0.4, -0.2) is 14.9 Å². The van der Waals surface area contributed by atoms with E-state index in [1.807, 2.05) is 12.1 Å². The first-order chi connectivity index (χ1) is 10.6. The predicted octanol–water partition coefficient (Wildman–Crippen LogP) is 3.74. The molecule has 112 valence electrons. The lowest BCUT2D eigenvalue weighted by molar-refractivity contribution is 0.617. The second kappa shape index (κ2) is 6.37. The summed E-state index contributed by atoms with van der Waals surface area (Å²) in [6, 6.07) is 13.8. The summed E-state index contributed by atoms with van der Waals surface area (Å²) in [5, 5.41) is 9.24. The topological polar surface area (TPSA) is 56.7 Å². The Bertz CT molecular complexity index is 806. The van der Waals surface area contributed by atoms with Crippen molar-refractivity contribution in [1.29, 1.82) is 0 Å². The maximum atomic E-state index is 13.6. The number of benzene rings is 2. The van der Waals surface area contributed by atoms with E-state index >= 15 is 0 Å². The standard InChI is InChI=1S/C15H12ClFN4S/c16-12-6-3-5-10(8-12)14-19-20-15(21(14)18)22-9-11-4-1-2-7-13(11)17/h1-8H,9,18H2. The van der Waals surface area contributed by atoms with Gasteiger partial charge < -0.3 is 5.84 Å². The average Bonchev–Trinajstić information content (AvgIpc) is 2.87. The zero-order valence-corrected chi connectivity index (χ0v) is 13.0. The smallest absolute Gasteiger partial charge is 0.210 e. The Balaban J connectivity index is 1.81. The maximum Gasteiger partial charge on any atom is 0.210 e. The highest BCUT2D eigenvalue weighted by Gasteiger charge is 2.13. The van der Waals surface area contributed by atoms with Gasteiger partial charge in [-0.3, -0.25) is 0 Å². The Kier molecular flexibility index (Phi) is 4.31. The molecule has 22 heavy (non-hydrogen) atoms. The number of rotatable bonds is 4. The summed E-state index contributed by atoms with van der Waals surface area (Å²) >= 11 is 7.29. The van der Waals surface area contributed by atoms with Crippen molar-refractivity contribution < 1.29 is 4.39 Å². The van der Waals surface area contributed by atoms with Gasteiger partial charge in [0.05, 0.1) is 0 Å². The van der Waals surface area contributed by atoms with E-state index in [-0.39, 0.29) is 5.82 Å². The van der Waals surface area contributed by atoms with E-state index in [1.165, 1.54) is 22.5 Å². The van der Waals surface area contributed by atoms with Gasteiger partial charge in [0.1, 0.15) is 5.82 Å². The molecule has 0 amide bonds. The Morgan fingerprint density at radius 3 is 2.73 bits per heavy atom. The van der Waals surface area contributed by atoms with E-state index in [2.05, 4.69) is 10.2 Å². The minimum Gasteiger partial charge on any atom is -0.335 e. The van der Waals surface area contributed by atoms with Crippen LogP contribution in [0.1, 0.15) is 5.56 Å². The minimum absolute atomic E-state index is 0.242. The molecule has 0 spiro atoms. The summed E-state index contributed by atoms with van der Waals surface area (Å²) in [6.07, 6.45) is 0. The van der Waals surface area contributed by atoms with Crippen molar-refractivity contribution in [2.75, 3.05) is 5.84 Å². The van der Waals surface area contributed by atoms with Gasteiger partial charge in [-0.05, 0) is 23.8 Å². The highest BCUT2D eigenvalue weighted by molar-refractivity contribution is 7.98. The van der Waals surface area contributed by atoms with Crippen LogP contribution in [0.25, 0.3) is 11.4 Å². The number of nitrogens with two attached hydrogens (primary N) is 1. The van der Waals surface area contributed by atoms with E-state index < -0.39 is 0 Å². The van der Waals surface area contributed by atoms with Crippen LogP contribution in [0.2, 0.25) is 5.02 Å². The van der Waals surface area contributed by atoms with E-state index in [4.69, 9.17) is 17.4 Å². The quantitative estimate of drug-likeness (QED) is 0.583. The lowest BCUT2D eigenvalue weighted by Gasteiger charge is -2.05. The largest absolute Gasteiger partial charge is 0.335 e. The Labute approximate surface area is 136 Å². The maximum absolute atomic E-state index is 13.6. The molecule has 2 aromatic carbocycles. The first-order valence-corrected chi connectivity index (χ1v) is 7.84. The number of nitrogens with zero attached hydrogens (tertiary/aromatic N) is 3. The molecule has 3 rings (SSSR count). The van der Waals surface area contributed by atoms with E-state index in [9.17, 15) is 4.39 Å². The third kappa shape index (κ3) is 3.08. The minimum atomic E-state index is -0.242. The van der Waals surface area contributed by atoms with E-state index in [1.54, 1.807) is 30.3 Å². The predicted molar refractivity (Wildman–Crippen MR) is 86.6 cm³/mol. The fourth-order valence-electron chi connectivity index (χ4n) is 1.96. The van der Waals surface area contributed by atoms with Crippen LogP contribution in [0.5, 0.6) is 0 Å². The summed E-state index contributed by atoms with van der Waals surface area (Å²) in [7, 11) is 0. The number of halogens is 2. The number of hydrogen-bond acceptors (Lipinski definition) is 4. The van der Waals surface area contributed by atoms with Crippen molar-refractivity contribution in [1.82, 2.24) is 14.9 Å². The van der Waals surface area contributed by atoms with Crippen LogP contribution in [0.15, 0.2) is 53.7 Å². The van der Waals surface area contributed by atoms with Gasteiger partial charge in [0.2, 0.25) is 5.16 Å². The summed E-state index contributed by atoms with van der Waals surface area (Å²) in [5.41, 5.74) is 1.38. The lowest BCUT2D eigenvalue weighted by atomic mass is 10.2. The summed E-state index contributed by atoms with van der Waals surface area (Å²) in [5.74, 6) is 6.72. The highest BCUT2D eigenvalue weighted by atomic mass is 35.5. The molecule has 0 saturated carbocycles. The molecule has 0 aliphatic heterocycles. The second-order valence-corrected chi connectivity index (χ2v) is 5.95. The Hall–Kier alpha value is -2.05. The van der Waals surface area contributed by atoms with Crippen molar-refractivity contribution in [2.24, 2.45) is 0 Å². The number of hydrogen-bond donors (Lipinski definition) is 1. The van der Waals surface area contributed by atoms with E-state index in [0.717, 1.165) is 5.56 Å². The lowest BCUT2D eigenvalue weighted by Crippen LogP contribution is -2.11. The van der Waals surface area contributed by atoms with Crippen LogP contribution in [0.3, 0.4) is 0 Å². The zero-order valence-electron chi connectivity index (χ0n) is 11.4. The van der Waals surface area contributed by atoms with Crippen molar-refractivity contribution in [3.05, 3.63) is 64.9 Å². The van der Waals surface area contributed by atoms with Crippen molar-refractivity contribution >= 4 is 23.4 Å². The molecule has 4 nitrogen and oxygen atoms in total. The molecule has 7 heteroatoms. The van der Waals surface area contributed by atoms with Gasteiger partial charge in [0.25, 0.3) is 0 Å². The third-order valence-corrected chi connectivity index (χ3v) is 4.29. The molecular formula is C15H12ClFN4S. The summed E-state index contributed by atoms with van der Waals surface area (Å²) in [6.45, 7) is 0. The summed E-state index contributed by atoms with van der Waals surface area (Å²) < 4.78 is 15.0. The van der Waals surface area contributed by atoms with Gasteiger partial charge in [-0.2, -0.15) is 0 Å². The van der Waals surface area contributed by atoms with Crippen molar-refractivity contribution in [3.63, 3.8) is 0 Å². The van der Waals surface area contributed by atoms with Crippen LogP contribution in [0.4, 0.5) is 4.39 Å². The first kappa shape index (κ1) is 14.9. The number of aromatic nitrogens is 3. The molecule has 2 N–H and O–H groups in total. The molecule has 1 aromatic heterocycles. The Morgan fingerprint density at radius 2 is 1.95 bits per heavy atom. The molecule has 0 radical (unpaired) electrons. The van der Waals surface area contributed by atoms with Gasteiger partial charge in [-0.15, -0.1) is 10.2 Å². The number of nitrogen functional groups attached to an aromatic ring is 1. The van der Waals surface area contributed by atoms with Crippen LogP contribution >= 0.6 is 23.4 Å². The van der Waals surface area contributed by atoms with Crippen LogP contribution < -0.4 is 5.84 Å². The molecule has 3 aromatic rings. The molecule has 0 bridgehead atoms. The average molecular weight is 335 g/mol. The highest BCUT2D eigenvalue weighted by Crippen LogP contribution is 2.26. The van der Waals surface area contributed by atoms with Gasteiger partial charge >= 0.3 is 0 Å². The molecule has 0 unspecified atom stereocenters. The van der Waals surface area contributed by atoms with Crippen molar-refractivity contribution in [3.8, 4) is 11.4 Å². The Morgan fingerprint density at radius 1 is 1.14 bits per heavy atom. The molecule has 0 fully saturated rings. The van der Waals surface area contributed by atoms with Gasteiger partial charge in [-0.25, -0.2) is 9.07 Å². The molecular weight excluding hydrogens is 323 g/mol. The molecule has 0 saturated heterocycles. The number of thioether (sulfide) groups is 1. The second-order valence-electron chi connectivity index (χ2n) is 4.57. The van der Waals surface area contributed by atoms with Crippen molar-refractivity contribution in [2.45, 2.75) is 10.9 Å².